The molecule has 0 heterocycles. The van der Waals surface area contributed by atoms with Crippen LogP contribution in [0, 0.1) is 11.8 Å². The molecule has 1 saturated carbocycles. The average Bonchev–Trinajstić information content (AvgIpc) is 2.56. The van der Waals surface area contributed by atoms with E-state index in [9.17, 15) is 20.1 Å². The molecule has 24 heavy (non-hydrogen) atoms. The van der Waals surface area contributed by atoms with Crippen LogP contribution < -0.4 is 5.73 Å². The van der Waals surface area contributed by atoms with Gasteiger partial charge >= 0.3 is 5.97 Å². The van der Waals surface area contributed by atoms with E-state index in [-0.39, 0.29) is 18.2 Å². The first kappa shape index (κ1) is 18.7. The summed E-state index contributed by atoms with van der Waals surface area (Å²) in [4.78, 5) is 11.5. The standard InChI is InChI=1S/C19H29NO4/c20-17(11-13-4-2-1-3-5-13)18(22)12-15(19(23)24)10-14-6-8-16(21)9-7-14/h6-9,13,15,17-18,21-22H,1-5,10-12,20H2,(H,23,24)/t15-,17+,18+/m1/s1. The highest BCUT2D eigenvalue weighted by atomic mass is 16.4. The molecule has 0 spiro atoms. The Bertz CT molecular complexity index is 511. The summed E-state index contributed by atoms with van der Waals surface area (Å²) in [5.74, 6) is -0.891. The maximum absolute atomic E-state index is 11.5. The predicted octanol–water partition coefficient (Wildman–Crippen LogP) is 2.68. The van der Waals surface area contributed by atoms with Crippen LogP contribution in [0.25, 0.3) is 0 Å². The molecule has 1 aromatic rings. The van der Waals surface area contributed by atoms with Crippen LogP contribution in [-0.2, 0) is 11.2 Å². The highest BCUT2D eigenvalue weighted by molar-refractivity contribution is 5.70. The van der Waals surface area contributed by atoms with Crippen LogP contribution in [0.2, 0.25) is 0 Å². The SMILES string of the molecule is N[C@@H](CC1CCCCC1)[C@@H](O)C[C@@H](Cc1ccc(O)cc1)C(=O)O. The van der Waals surface area contributed by atoms with Gasteiger partial charge in [0.2, 0.25) is 0 Å². The third-order valence-corrected chi connectivity index (χ3v) is 5.12. The highest BCUT2D eigenvalue weighted by Crippen LogP contribution is 2.28. The zero-order chi connectivity index (χ0) is 17.5. The number of rotatable bonds is 8. The van der Waals surface area contributed by atoms with Gasteiger partial charge in [-0.25, -0.2) is 0 Å². The first-order valence-corrected chi connectivity index (χ1v) is 8.90. The van der Waals surface area contributed by atoms with Crippen molar-refractivity contribution in [2.24, 2.45) is 17.6 Å². The number of carboxylic acids is 1. The van der Waals surface area contributed by atoms with Crippen molar-refractivity contribution < 1.29 is 20.1 Å². The molecule has 0 aliphatic heterocycles. The van der Waals surface area contributed by atoms with Crippen LogP contribution >= 0.6 is 0 Å². The molecular weight excluding hydrogens is 306 g/mol. The molecule has 5 heteroatoms. The van der Waals surface area contributed by atoms with Crippen LogP contribution in [0.5, 0.6) is 5.75 Å². The Hall–Kier alpha value is -1.59. The minimum absolute atomic E-state index is 0.153. The van der Waals surface area contributed by atoms with E-state index in [1.54, 1.807) is 24.3 Å². The number of phenolic OH excluding ortho intramolecular Hbond substituents is 1. The van der Waals surface area contributed by atoms with Gasteiger partial charge in [-0.2, -0.15) is 0 Å². The second-order valence-corrected chi connectivity index (χ2v) is 7.11. The largest absolute Gasteiger partial charge is 0.508 e. The molecule has 134 valence electrons. The lowest BCUT2D eigenvalue weighted by molar-refractivity contribution is -0.143. The number of aliphatic hydroxyl groups is 1. The Kier molecular flexibility index (Phi) is 7.06. The van der Waals surface area contributed by atoms with Crippen LogP contribution in [0.15, 0.2) is 24.3 Å². The Morgan fingerprint density at radius 2 is 1.79 bits per heavy atom. The molecule has 1 aromatic carbocycles. The molecule has 0 unspecified atom stereocenters. The number of aromatic hydroxyl groups is 1. The van der Waals surface area contributed by atoms with Gasteiger partial charge in [0.15, 0.2) is 0 Å². The number of benzene rings is 1. The summed E-state index contributed by atoms with van der Waals surface area (Å²) in [5, 5.41) is 29.1. The molecule has 0 amide bonds. The van der Waals surface area contributed by atoms with Crippen molar-refractivity contribution in [3.05, 3.63) is 29.8 Å². The van der Waals surface area contributed by atoms with Crippen LogP contribution in [0.1, 0.15) is 50.5 Å². The third-order valence-electron chi connectivity index (χ3n) is 5.12. The molecule has 3 atom stereocenters. The average molecular weight is 335 g/mol. The molecule has 0 bridgehead atoms. The van der Waals surface area contributed by atoms with Crippen molar-refractivity contribution in [1.82, 2.24) is 0 Å². The van der Waals surface area contributed by atoms with Gasteiger partial charge in [-0.3, -0.25) is 4.79 Å². The maximum atomic E-state index is 11.5. The molecule has 1 aliphatic carbocycles. The van der Waals surface area contributed by atoms with E-state index in [1.165, 1.54) is 19.3 Å². The molecule has 1 aliphatic rings. The lowest BCUT2D eigenvalue weighted by Crippen LogP contribution is -2.39. The van der Waals surface area contributed by atoms with Gasteiger partial charge in [0.25, 0.3) is 0 Å². The minimum Gasteiger partial charge on any atom is -0.508 e. The number of hydrogen-bond acceptors (Lipinski definition) is 4. The monoisotopic (exact) mass is 335 g/mol. The molecule has 0 radical (unpaired) electrons. The first-order valence-electron chi connectivity index (χ1n) is 8.90. The molecule has 0 aromatic heterocycles. The molecule has 2 rings (SSSR count). The summed E-state index contributed by atoms with van der Waals surface area (Å²) in [5.41, 5.74) is 6.96. The normalized spacial score (nSPS) is 19.6. The maximum Gasteiger partial charge on any atom is 0.306 e. The minimum atomic E-state index is -0.924. The predicted molar refractivity (Wildman–Crippen MR) is 92.7 cm³/mol. The van der Waals surface area contributed by atoms with Crippen LogP contribution in [0.4, 0.5) is 0 Å². The lowest BCUT2D eigenvalue weighted by Gasteiger charge is -2.28. The summed E-state index contributed by atoms with van der Waals surface area (Å²) in [6, 6.07) is 6.13. The second-order valence-electron chi connectivity index (χ2n) is 7.11. The Morgan fingerprint density at radius 1 is 1.17 bits per heavy atom. The Morgan fingerprint density at radius 3 is 2.38 bits per heavy atom. The third kappa shape index (κ3) is 5.80. The number of hydrogen-bond donors (Lipinski definition) is 4. The zero-order valence-electron chi connectivity index (χ0n) is 14.1. The fourth-order valence-corrected chi connectivity index (χ4v) is 3.62. The van der Waals surface area contributed by atoms with Gasteiger partial charge in [-0.15, -0.1) is 0 Å². The number of phenols is 1. The van der Waals surface area contributed by atoms with Crippen molar-refractivity contribution in [2.75, 3.05) is 0 Å². The number of aliphatic hydroxyl groups excluding tert-OH is 1. The van der Waals surface area contributed by atoms with Gasteiger partial charge < -0.3 is 21.1 Å². The van der Waals surface area contributed by atoms with Gasteiger partial charge in [0.05, 0.1) is 12.0 Å². The van der Waals surface area contributed by atoms with Crippen molar-refractivity contribution in [3.8, 4) is 5.75 Å². The van der Waals surface area contributed by atoms with Crippen molar-refractivity contribution in [3.63, 3.8) is 0 Å². The highest BCUT2D eigenvalue weighted by Gasteiger charge is 2.27. The Labute approximate surface area is 143 Å². The van der Waals surface area contributed by atoms with Crippen molar-refractivity contribution in [1.29, 1.82) is 0 Å². The summed E-state index contributed by atoms with van der Waals surface area (Å²) in [6.45, 7) is 0. The van der Waals surface area contributed by atoms with E-state index in [2.05, 4.69) is 0 Å². The Balaban J connectivity index is 1.88. The van der Waals surface area contributed by atoms with Crippen molar-refractivity contribution >= 4 is 5.97 Å². The van der Waals surface area contributed by atoms with Gasteiger partial charge in [-0.1, -0.05) is 44.2 Å². The molecule has 5 N–H and O–H groups in total. The summed E-state index contributed by atoms with van der Waals surface area (Å²) in [7, 11) is 0. The smallest absolute Gasteiger partial charge is 0.306 e. The van der Waals surface area contributed by atoms with Gasteiger partial charge in [-0.05, 0) is 42.9 Å². The summed E-state index contributed by atoms with van der Waals surface area (Å²) in [6.07, 6.45) is 6.51. The zero-order valence-corrected chi connectivity index (χ0v) is 14.1. The quantitative estimate of drug-likeness (QED) is 0.585. The van der Waals surface area contributed by atoms with E-state index in [0.717, 1.165) is 24.8 Å². The number of aliphatic carboxylic acids is 1. The summed E-state index contributed by atoms with van der Waals surface area (Å²) >= 11 is 0. The van der Waals surface area contributed by atoms with Gasteiger partial charge in [0.1, 0.15) is 5.75 Å². The molecule has 1 fully saturated rings. The number of carboxylic acid groups (broad SMARTS) is 1. The molecular formula is C19H29NO4. The fourth-order valence-electron chi connectivity index (χ4n) is 3.62. The van der Waals surface area contributed by atoms with Crippen LogP contribution in [-0.4, -0.2) is 33.4 Å². The topological polar surface area (TPSA) is 104 Å². The van der Waals surface area contributed by atoms with E-state index in [1.807, 2.05) is 0 Å². The van der Waals surface area contributed by atoms with Gasteiger partial charge in [0, 0.05) is 6.04 Å². The second kappa shape index (κ2) is 9.04. The van der Waals surface area contributed by atoms with Crippen LogP contribution in [0.3, 0.4) is 0 Å². The van der Waals surface area contributed by atoms with E-state index in [4.69, 9.17) is 5.73 Å². The van der Waals surface area contributed by atoms with E-state index in [0.29, 0.717) is 12.3 Å². The fraction of sp³-hybridized carbons (Fsp3) is 0.632. The van der Waals surface area contributed by atoms with E-state index < -0.39 is 18.0 Å². The molecule has 0 saturated heterocycles. The number of carbonyl (C=O) groups is 1. The first-order chi connectivity index (χ1) is 11.5. The van der Waals surface area contributed by atoms with Crippen molar-refractivity contribution in [2.45, 2.75) is 63.5 Å². The van der Waals surface area contributed by atoms with E-state index >= 15 is 0 Å². The number of nitrogens with two attached hydrogens (primary N) is 1. The lowest BCUT2D eigenvalue weighted by atomic mass is 9.82. The molecule has 5 nitrogen and oxygen atoms in total. The summed E-state index contributed by atoms with van der Waals surface area (Å²) < 4.78 is 0.